The Hall–Kier alpha value is -2.19. The molecule has 0 fully saturated rings. The van der Waals surface area contributed by atoms with Crippen molar-refractivity contribution in [1.82, 2.24) is 0 Å². The molecule has 0 saturated carbocycles. The molecule has 168 valence electrons. The van der Waals surface area contributed by atoms with Gasteiger partial charge in [0.25, 0.3) is 6.29 Å². The molecule has 1 heterocycles. The summed E-state index contributed by atoms with van der Waals surface area (Å²) in [6.45, 7) is 9.23. The van der Waals surface area contributed by atoms with Crippen LogP contribution in [-0.2, 0) is 33.3 Å². The van der Waals surface area contributed by atoms with Crippen molar-refractivity contribution in [2.45, 2.75) is 59.4 Å². The lowest BCUT2D eigenvalue weighted by atomic mass is 9.82. The second-order valence-electron chi connectivity index (χ2n) is 8.50. The van der Waals surface area contributed by atoms with Crippen molar-refractivity contribution >= 4 is 17.7 Å². The third-order valence-electron chi connectivity index (χ3n) is 4.86. The van der Waals surface area contributed by atoms with Gasteiger partial charge in [-0.05, 0) is 30.4 Å². The predicted molar refractivity (Wildman–Crippen MR) is 107 cm³/mol. The van der Waals surface area contributed by atoms with Crippen LogP contribution in [0.25, 0.3) is 0 Å². The molecule has 0 aromatic carbocycles. The van der Waals surface area contributed by atoms with Crippen LogP contribution in [0.3, 0.4) is 0 Å². The fourth-order valence-electron chi connectivity index (χ4n) is 3.42. The van der Waals surface area contributed by atoms with Crippen LogP contribution < -0.4 is 0 Å². The van der Waals surface area contributed by atoms with Crippen LogP contribution in [0.4, 0.5) is 0 Å². The second kappa shape index (κ2) is 10.2. The minimum absolute atomic E-state index is 0.0788. The van der Waals surface area contributed by atoms with Gasteiger partial charge in [0.15, 0.2) is 11.4 Å². The largest absolute Gasteiger partial charge is 0.461 e. The fraction of sp³-hybridized carbons (Fsp3) is 0.682. The Bertz CT molecular complexity index is 721. The first-order valence-corrected chi connectivity index (χ1v) is 10.3. The van der Waals surface area contributed by atoms with E-state index in [1.807, 2.05) is 27.7 Å². The Morgan fingerprint density at radius 3 is 2.40 bits per heavy atom. The Morgan fingerprint density at radius 2 is 1.80 bits per heavy atom. The smallest absolute Gasteiger partial charge is 0.309 e. The number of aliphatic hydroxyl groups is 1. The van der Waals surface area contributed by atoms with E-state index >= 15 is 0 Å². The summed E-state index contributed by atoms with van der Waals surface area (Å²) in [5, 5.41) is 11.1. The van der Waals surface area contributed by atoms with Gasteiger partial charge >= 0.3 is 11.9 Å². The lowest BCUT2D eigenvalue weighted by Crippen LogP contribution is -2.53. The van der Waals surface area contributed by atoms with Gasteiger partial charge in [-0.3, -0.25) is 14.4 Å². The van der Waals surface area contributed by atoms with Crippen LogP contribution in [-0.4, -0.2) is 54.5 Å². The summed E-state index contributed by atoms with van der Waals surface area (Å²) in [7, 11) is 0. The topological polar surface area (TPSA) is 108 Å². The first kappa shape index (κ1) is 24.1. The molecule has 1 N–H and O–H groups in total. The number of hydrogen-bond acceptors (Lipinski definition) is 8. The maximum Gasteiger partial charge on any atom is 0.309 e. The van der Waals surface area contributed by atoms with Crippen molar-refractivity contribution in [3.63, 3.8) is 0 Å². The number of esters is 2. The van der Waals surface area contributed by atoms with Crippen LogP contribution >= 0.6 is 0 Å². The maximum atomic E-state index is 12.7. The summed E-state index contributed by atoms with van der Waals surface area (Å²) < 4.78 is 21.7. The molecule has 1 aliphatic heterocycles. The summed E-state index contributed by atoms with van der Waals surface area (Å²) in [5.41, 5.74) is -1.07. The van der Waals surface area contributed by atoms with Gasteiger partial charge in [0.05, 0.1) is 18.8 Å². The Balaban J connectivity index is 2.24. The summed E-state index contributed by atoms with van der Waals surface area (Å²) in [5.74, 6) is -2.18. The normalized spacial score (nSPS) is 25.5. The zero-order valence-electron chi connectivity index (χ0n) is 18.3. The molecule has 0 amide bonds. The minimum atomic E-state index is -1.93. The minimum Gasteiger partial charge on any atom is -0.461 e. The average molecular weight is 424 g/mol. The van der Waals surface area contributed by atoms with E-state index in [1.54, 1.807) is 6.92 Å². The number of rotatable bonds is 10. The molecule has 30 heavy (non-hydrogen) atoms. The summed E-state index contributed by atoms with van der Waals surface area (Å²) in [6.07, 6.45) is 1.86. The lowest BCUT2D eigenvalue weighted by Gasteiger charge is -2.37. The highest BCUT2D eigenvalue weighted by atomic mass is 16.7. The standard InChI is InChI=1S/C22H32O8/c1-6-27-12-22(26)17(23)9-16-15(10-28-18(24)7-13(2)3)11-29-21(20(16)22)30-19(25)8-14(4)5/h9,11,13-14,20-21,26H,6-8,10,12H2,1-5H3/t20-,21+,22-/m1/s1. The van der Waals surface area contributed by atoms with Crippen molar-refractivity contribution in [3.05, 3.63) is 23.5 Å². The quantitative estimate of drug-likeness (QED) is 0.532. The molecule has 2 aliphatic rings. The lowest BCUT2D eigenvalue weighted by molar-refractivity contribution is -0.200. The molecule has 0 saturated heterocycles. The number of hydrogen-bond donors (Lipinski definition) is 1. The van der Waals surface area contributed by atoms with E-state index in [2.05, 4.69) is 0 Å². The SMILES string of the molecule is CCOC[C@@]1(O)C(=O)C=C2C(COC(=O)CC(C)C)=CO[C@@H](OC(=O)CC(C)C)[C@@H]21. The highest BCUT2D eigenvalue weighted by Gasteiger charge is 2.57. The molecule has 0 bridgehead atoms. The first-order valence-electron chi connectivity index (χ1n) is 10.3. The molecule has 0 radical (unpaired) electrons. The number of ketones is 1. The number of fused-ring (bicyclic) bond motifs is 1. The third-order valence-corrected chi connectivity index (χ3v) is 4.86. The molecule has 0 unspecified atom stereocenters. The van der Waals surface area contributed by atoms with Crippen LogP contribution in [0, 0.1) is 17.8 Å². The fourth-order valence-corrected chi connectivity index (χ4v) is 3.42. The van der Waals surface area contributed by atoms with Crippen LogP contribution in [0.2, 0.25) is 0 Å². The highest BCUT2D eigenvalue weighted by Crippen LogP contribution is 2.44. The van der Waals surface area contributed by atoms with Gasteiger partial charge < -0.3 is 24.1 Å². The van der Waals surface area contributed by atoms with E-state index in [-0.39, 0.29) is 43.9 Å². The number of carbonyl (C=O) groups is 3. The van der Waals surface area contributed by atoms with Crippen molar-refractivity contribution in [2.24, 2.45) is 17.8 Å². The molecule has 1 aliphatic carbocycles. The van der Waals surface area contributed by atoms with Crippen molar-refractivity contribution in [3.8, 4) is 0 Å². The Morgan fingerprint density at radius 1 is 1.17 bits per heavy atom. The molecular formula is C22H32O8. The van der Waals surface area contributed by atoms with Gasteiger partial charge in [0, 0.05) is 25.0 Å². The summed E-state index contributed by atoms with van der Waals surface area (Å²) in [6, 6.07) is 0. The van der Waals surface area contributed by atoms with Crippen molar-refractivity contribution < 1.29 is 38.4 Å². The predicted octanol–water partition coefficient (Wildman–Crippen LogP) is 2.30. The molecule has 0 aromatic heterocycles. The summed E-state index contributed by atoms with van der Waals surface area (Å²) in [4.78, 5) is 36.8. The van der Waals surface area contributed by atoms with E-state index in [9.17, 15) is 19.5 Å². The Labute approximate surface area is 177 Å². The molecule has 2 rings (SSSR count). The maximum absolute atomic E-state index is 12.7. The van der Waals surface area contributed by atoms with Crippen molar-refractivity contribution in [1.29, 1.82) is 0 Å². The van der Waals surface area contributed by atoms with E-state index in [0.29, 0.717) is 17.8 Å². The van der Waals surface area contributed by atoms with Gasteiger partial charge in [0.1, 0.15) is 6.61 Å². The zero-order chi connectivity index (χ0) is 22.5. The zero-order valence-corrected chi connectivity index (χ0v) is 18.3. The molecule has 3 atom stereocenters. The Kier molecular flexibility index (Phi) is 8.20. The molecule has 8 heteroatoms. The van der Waals surface area contributed by atoms with Crippen LogP contribution in [0.15, 0.2) is 23.5 Å². The van der Waals surface area contributed by atoms with Crippen LogP contribution in [0.5, 0.6) is 0 Å². The van der Waals surface area contributed by atoms with Gasteiger partial charge in [-0.15, -0.1) is 0 Å². The average Bonchev–Trinajstić information content (AvgIpc) is 2.90. The van der Waals surface area contributed by atoms with Crippen molar-refractivity contribution in [2.75, 3.05) is 19.8 Å². The summed E-state index contributed by atoms with van der Waals surface area (Å²) >= 11 is 0. The third kappa shape index (κ3) is 5.70. The molecule has 0 aromatic rings. The van der Waals surface area contributed by atoms with Crippen LogP contribution in [0.1, 0.15) is 47.5 Å². The van der Waals surface area contributed by atoms with Gasteiger partial charge in [-0.1, -0.05) is 27.7 Å². The van der Waals surface area contributed by atoms with E-state index in [1.165, 1.54) is 12.3 Å². The van der Waals surface area contributed by atoms with E-state index in [0.717, 1.165) is 0 Å². The highest BCUT2D eigenvalue weighted by molar-refractivity contribution is 6.02. The molecule has 0 spiro atoms. The van der Waals surface area contributed by atoms with Gasteiger partial charge in [0.2, 0.25) is 0 Å². The first-order chi connectivity index (χ1) is 14.1. The van der Waals surface area contributed by atoms with E-state index in [4.69, 9.17) is 18.9 Å². The van der Waals surface area contributed by atoms with E-state index < -0.39 is 29.6 Å². The molecule has 8 nitrogen and oxygen atoms in total. The van der Waals surface area contributed by atoms with Gasteiger partial charge in [-0.2, -0.15) is 0 Å². The number of ether oxygens (including phenoxy) is 4. The molecular weight excluding hydrogens is 392 g/mol. The second-order valence-corrected chi connectivity index (χ2v) is 8.50. The number of carbonyl (C=O) groups excluding carboxylic acids is 3. The monoisotopic (exact) mass is 424 g/mol. The van der Waals surface area contributed by atoms with Gasteiger partial charge in [-0.25, -0.2) is 0 Å².